The molecule has 2 amide bonds. The quantitative estimate of drug-likeness (QED) is 0.725. The van der Waals surface area contributed by atoms with Crippen LogP contribution in [0, 0.1) is 5.92 Å². The molecule has 2 aromatic rings. The summed E-state index contributed by atoms with van der Waals surface area (Å²) in [6.07, 6.45) is 7.47. The summed E-state index contributed by atoms with van der Waals surface area (Å²) in [4.78, 5) is 38.0. The van der Waals surface area contributed by atoms with Crippen LogP contribution >= 0.6 is 0 Å². The summed E-state index contributed by atoms with van der Waals surface area (Å²) >= 11 is 0. The predicted molar refractivity (Wildman–Crippen MR) is 111 cm³/mol. The predicted octanol–water partition coefficient (Wildman–Crippen LogP) is 1.85. The zero-order valence-electron chi connectivity index (χ0n) is 16.6. The molecule has 0 N–H and O–H groups in total. The van der Waals surface area contributed by atoms with Crippen LogP contribution in [0.15, 0.2) is 42.7 Å². The molecule has 3 heterocycles. The van der Waals surface area contributed by atoms with Gasteiger partial charge in [0.05, 0.1) is 5.56 Å². The molecule has 7 heteroatoms. The fourth-order valence-electron chi connectivity index (χ4n) is 4.09. The Morgan fingerprint density at radius 3 is 2.24 bits per heavy atom. The Kier molecular flexibility index (Phi) is 6.03. The summed E-state index contributed by atoms with van der Waals surface area (Å²) in [5.74, 6) is 1.33. The molecule has 0 saturated carbocycles. The molecule has 0 aliphatic carbocycles. The fraction of sp³-hybridized carbons (Fsp3) is 0.455. The zero-order valence-corrected chi connectivity index (χ0v) is 16.6. The number of benzene rings is 1. The molecule has 29 heavy (non-hydrogen) atoms. The van der Waals surface area contributed by atoms with E-state index in [1.807, 2.05) is 0 Å². The Hall–Kier alpha value is -2.96. The number of carbonyl (C=O) groups excluding carboxylic acids is 2. The number of rotatable bonds is 5. The van der Waals surface area contributed by atoms with E-state index in [1.54, 1.807) is 22.2 Å². The third-order valence-corrected chi connectivity index (χ3v) is 5.90. The molecule has 1 aromatic heterocycles. The second-order valence-electron chi connectivity index (χ2n) is 7.83. The summed E-state index contributed by atoms with van der Waals surface area (Å²) in [6, 6.07) is 10.7. The minimum Gasteiger partial charge on any atom is -0.342 e. The lowest BCUT2D eigenvalue weighted by atomic mass is 9.90. The number of nitrogens with zero attached hydrogens (tertiary/aromatic N) is 5. The van der Waals surface area contributed by atoms with Crippen LogP contribution in [0.4, 0.5) is 5.95 Å². The summed E-state index contributed by atoms with van der Waals surface area (Å²) in [5.41, 5.74) is 1.91. The van der Waals surface area contributed by atoms with Crippen molar-refractivity contribution in [2.75, 3.05) is 44.2 Å². The number of piperidine rings is 1. The second kappa shape index (κ2) is 9.03. The molecule has 2 aliphatic heterocycles. The number of anilines is 1. The van der Waals surface area contributed by atoms with Gasteiger partial charge in [-0.2, -0.15) is 0 Å². The van der Waals surface area contributed by atoms with Gasteiger partial charge in [-0.1, -0.05) is 30.3 Å². The van der Waals surface area contributed by atoms with Gasteiger partial charge in [0, 0.05) is 51.7 Å². The maximum absolute atomic E-state index is 12.6. The number of aromatic nitrogens is 2. The molecule has 4 rings (SSSR count). The van der Waals surface area contributed by atoms with Crippen molar-refractivity contribution in [3.63, 3.8) is 0 Å². The van der Waals surface area contributed by atoms with Crippen LogP contribution in [0.3, 0.4) is 0 Å². The second-order valence-corrected chi connectivity index (χ2v) is 7.83. The molecule has 0 atom stereocenters. The lowest BCUT2D eigenvalue weighted by molar-refractivity contribution is -0.119. The van der Waals surface area contributed by atoms with Gasteiger partial charge in [-0.15, -0.1) is 0 Å². The average Bonchev–Trinajstić information content (AvgIpc) is 2.80. The van der Waals surface area contributed by atoms with E-state index in [2.05, 4.69) is 45.2 Å². The molecule has 0 radical (unpaired) electrons. The Morgan fingerprint density at radius 1 is 0.966 bits per heavy atom. The monoisotopic (exact) mass is 393 g/mol. The van der Waals surface area contributed by atoms with Crippen molar-refractivity contribution >= 4 is 18.3 Å². The van der Waals surface area contributed by atoms with E-state index in [0.717, 1.165) is 38.8 Å². The molecule has 0 unspecified atom stereocenters. The number of hydrogen-bond acceptors (Lipinski definition) is 5. The van der Waals surface area contributed by atoms with Crippen LogP contribution in [0.5, 0.6) is 0 Å². The normalized spacial score (nSPS) is 18.0. The van der Waals surface area contributed by atoms with E-state index in [-0.39, 0.29) is 5.91 Å². The SMILES string of the molecule is O=CN1CCN(C(=O)c2cnc(N3CCC(Cc4ccccc4)CC3)nc2)CC1. The van der Waals surface area contributed by atoms with Crippen molar-refractivity contribution < 1.29 is 9.59 Å². The molecule has 0 bridgehead atoms. The first-order valence-electron chi connectivity index (χ1n) is 10.3. The molecule has 1 aromatic carbocycles. The standard InChI is InChI=1S/C22H27N5O2/c28-17-25-10-12-26(13-11-25)21(29)20-15-23-22(24-16-20)27-8-6-19(7-9-27)14-18-4-2-1-3-5-18/h1-5,15-17,19H,6-14H2. The lowest BCUT2D eigenvalue weighted by Gasteiger charge is -2.33. The summed E-state index contributed by atoms with van der Waals surface area (Å²) < 4.78 is 0. The van der Waals surface area contributed by atoms with Gasteiger partial charge in [0.1, 0.15) is 0 Å². The number of hydrogen-bond donors (Lipinski definition) is 0. The highest BCUT2D eigenvalue weighted by Gasteiger charge is 2.24. The number of carbonyl (C=O) groups is 2. The molecular formula is C22H27N5O2. The van der Waals surface area contributed by atoms with Gasteiger partial charge in [0.25, 0.3) is 5.91 Å². The Balaban J connectivity index is 1.29. The van der Waals surface area contributed by atoms with E-state index in [9.17, 15) is 9.59 Å². The Morgan fingerprint density at radius 2 is 1.62 bits per heavy atom. The average molecular weight is 393 g/mol. The van der Waals surface area contributed by atoms with Gasteiger partial charge in [-0.3, -0.25) is 9.59 Å². The minimum atomic E-state index is -0.0660. The molecular weight excluding hydrogens is 366 g/mol. The van der Waals surface area contributed by atoms with E-state index >= 15 is 0 Å². The summed E-state index contributed by atoms with van der Waals surface area (Å²) in [5, 5.41) is 0. The van der Waals surface area contributed by atoms with Crippen LogP contribution in [0.1, 0.15) is 28.8 Å². The first-order valence-corrected chi connectivity index (χ1v) is 10.3. The third-order valence-electron chi connectivity index (χ3n) is 5.90. The largest absolute Gasteiger partial charge is 0.342 e. The topological polar surface area (TPSA) is 69.6 Å². The van der Waals surface area contributed by atoms with Crippen LogP contribution in [0.25, 0.3) is 0 Å². The van der Waals surface area contributed by atoms with Crippen LogP contribution in [-0.2, 0) is 11.2 Å². The van der Waals surface area contributed by atoms with Crippen molar-refractivity contribution in [3.8, 4) is 0 Å². The highest BCUT2D eigenvalue weighted by atomic mass is 16.2. The maximum Gasteiger partial charge on any atom is 0.257 e. The van der Waals surface area contributed by atoms with Gasteiger partial charge in [0.2, 0.25) is 12.4 Å². The Bertz CT molecular complexity index is 811. The van der Waals surface area contributed by atoms with Gasteiger partial charge in [0.15, 0.2) is 0 Å². The van der Waals surface area contributed by atoms with Gasteiger partial charge in [-0.05, 0) is 30.7 Å². The van der Waals surface area contributed by atoms with Crippen molar-refractivity contribution in [3.05, 3.63) is 53.9 Å². The summed E-state index contributed by atoms with van der Waals surface area (Å²) in [7, 11) is 0. The molecule has 2 fully saturated rings. The maximum atomic E-state index is 12.6. The minimum absolute atomic E-state index is 0.0660. The van der Waals surface area contributed by atoms with Crippen LogP contribution < -0.4 is 4.90 Å². The first-order chi connectivity index (χ1) is 14.2. The van der Waals surface area contributed by atoms with Crippen LogP contribution in [0.2, 0.25) is 0 Å². The molecule has 2 saturated heterocycles. The van der Waals surface area contributed by atoms with E-state index < -0.39 is 0 Å². The fourth-order valence-corrected chi connectivity index (χ4v) is 4.09. The zero-order chi connectivity index (χ0) is 20.1. The number of piperazine rings is 1. The van der Waals surface area contributed by atoms with Gasteiger partial charge < -0.3 is 14.7 Å². The highest BCUT2D eigenvalue weighted by Crippen LogP contribution is 2.24. The molecule has 2 aliphatic rings. The molecule has 7 nitrogen and oxygen atoms in total. The lowest BCUT2D eigenvalue weighted by Crippen LogP contribution is -2.48. The van der Waals surface area contributed by atoms with Crippen LogP contribution in [-0.4, -0.2) is 71.4 Å². The van der Waals surface area contributed by atoms with Crippen molar-refractivity contribution in [2.24, 2.45) is 5.92 Å². The van der Waals surface area contributed by atoms with Gasteiger partial charge in [-0.25, -0.2) is 9.97 Å². The smallest absolute Gasteiger partial charge is 0.257 e. The van der Waals surface area contributed by atoms with Crippen molar-refractivity contribution in [1.29, 1.82) is 0 Å². The van der Waals surface area contributed by atoms with E-state index in [4.69, 9.17) is 0 Å². The first kappa shape index (κ1) is 19.4. The Labute approximate surface area is 171 Å². The van der Waals surface area contributed by atoms with E-state index in [0.29, 0.717) is 43.6 Å². The number of amides is 2. The van der Waals surface area contributed by atoms with Gasteiger partial charge >= 0.3 is 0 Å². The third kappa shape index (κ3) is 4.72. The van der Waals surface area contributed by atoms with E-state index in [1.165, 1.54) is 5.56 Å². The van der Waals surface area contributed by atoms with Crippen molar-refractivity contribution in [2.45, 2.75) is 19.3 Å². The molecule has 0 spiro atoms. The van der Waals surface area contributed by atoms with Crippen molar-refractivity contribution in [1.82, 2.24) is 19.8 Å². The highest BCUT2D eigenvalue weighted by molar-refractivity contribution is 5.93. The summed E-state index contributed by atoms with van der Waals surface area (Å²) in [6.45, 7) is 4.14. The molecule has 152 valence electrons.